The fraction of sp³-hybridized carbons (Fsp3) is 0.929. The molecule has 0 N–H and O–H groups in total. The lowest BCUT2D eigenvalue weighted by Gasteiger charge is -2.33. The summed E-state index contributed by atoms with van der Waals surface area (Å²) in [7, 11) is 2.08. The van der Waals surface area contributed by atoms with Crippen molar-refractivity contribution < 1.29 is 22.7 Å². The van der Waals surface area contributed by atoms with Gasteiger partial charge in [-0.2, -0.15) is 13.2 Å². The summed E-state index contributed by atoms with van der Waals surface area (Å²) in [5.74, 6) is 0.499. The topological polar surface area (TPSA) is 32.8 Å². The highest BCUT2D eigenvalue weighted by molar-refractivity contribution is 5.67. The molecule has 0 atom stereocenters. The molecule has 7 heteroatoms. The summed E-state index contributed by atoms with van der Waals surface area (Å²) in [6, 6.07) is 0. The summed E-state index contributed by atoms with van der Waals surface area (Å²) in [6.07, 6.45) is -1.36. The summed E-state index contributed by atoms with van der Waals surface area (Å²) in [4.78, 5) is 15.2. The fourth-order valence-corrected chi connectivity index (χ4v) is 2.49. The molecule has 1 aliphatic heterocycles. The molecule has 0 aliphatic carbocycles. The van der Waals surface area contributed by atoms with Gasteiger partial charge in [-0.05, 0) is 38.8 Å². The summed E-state index contributed by atoms with van der Waals surface area (Å²) in [5, 5.41) is 0. The van der Waals surface area contributed by atoms with E-state index in [0.717, 1.165) is 32.4 Å². The highest BCUT2D eigenvalue weighted by atomic mass is 19.4. The van der Waals surface area contributed by atoms with E-state index in [1.807, 2.05) is 0 Å². The summed E-state index contributed by atoms with van der Waals surface area (Å²) in [6.45, 7) is 3.63. The standard InChI is InChI=1S/C14H25F3N2O2/c1-3-4-7-18(2)10-12-5-8-19(9-6-12)13(20)21-11-14(15,16)17/h12H,3-11H2,1-2H3. The van der Waals surface area contributed by atoms with Crippen LogP contribution in [0, 0.1) is 5.92 Å². The van der Waals surface area contributed by atoms with E-state index >= 15 is 0 Å². The van der Waals surface area contributed by atoms with Gasteiger partial charge in [0.25, 0.3) is 0 Å². The first-order valence-electron chi connectivity index (χ1n) is 7.49. The molecule has 1 rings (SSSR count). The van der Waals surface area contributed by atoms with Gasteiger partial charge in [0.2, 0.25) is 0 Å². The third-order valence-corrected chi connectivity index (χ3v) is 3.70. The Morgan fingerprint density at radius 1 is 1.33 bits per heavy atom. The molecule has 1 aliphatic rings. The van der Waals surface area contributed by atoms with Crippen LogP contribution in [0.25, 0.3) is 0 Å². The molecule has 0 aromatic heterocycles. The van der Waals surface area contributed by atoms with Gasteiger partial charge in [-0.1, -0.05) is 13.3 Å². The minimum atomic E-state index is -4.46. The maximum atomic E-state index is 12.0. The van der Waals surface area contributed by atoms with Crippen molar-refractivity contribution >= 4 is 6.09 Å². The van der Waals surface area contributed by atoms with Gasteiger partial charge in [-0.3, -0.25) is 0 Å². The number of halogens is 3. The number of likely N-dealkylation sites (tertiary alicyclic amines) is 1. The molecule has 0 bridgehead atoms. The van der Waals surface area contributed by atoms with Crippen molar-refractivity contribution in [3.63, 3.8) is 0 Å². The molecule has 0 spiro atoms. The zero-order valence-electron chi connectivity index (χ0n) is 12.8. The Balaban J connectivity index is 2.23. The molecule has 0 unspecified atom stereocenters. The third kappa shape index (κ3) is 7.55. The first-order valence-corrected chi connectivity index (χ1v) is 7.49. The predicted octanol–water partition coefficient (Wildman–Crippen LogP) is 3.13. The fourth-order valence-electron chi connectivity index (χ4n) is 2.49. The molecule has 0 aromatic rings. The van der Waals surface area contributed by atoms with Crippen LogP contribution in [0.15, 0.2) is 0 Å². The molecule has 1 heterocycles. The smallest absolute Gasteiger partial charge is 0.422 e. The van der Waals surface area contributed by atoms with Crippen LogP contribution in [-0.2, 0) is 4.74 Å². The lowest BCUT2D eigenvalue weighted by atomic mass is 9.96. The number of unbranched alkanes of at least 4 members (excludes halogenated alkanes) is 1. The number of hydrogen-bond donors (Lipinski definition) is 0. The van der Waals surface area contributed by atoms with Crippen LogP contribution in [0.5, 0.6) is 0 Å². The lowest BCUT2D eigenvalue weighted by molar-refractivity contribution is -0.162. The average molecular weight is 310 g/mol. The summed E-state index contributed by atoms with van der Waals surface area (Å²) < 4.78 is 40.2. The van der Waals surface area contributed by atoms with Gasteiger partial charge in [-0.15, -0.1) is 0 Å². The highest BCUT2D eigenvalue weighted by Gasteiger charge is 2.31. The number of carbonyl (C=O) groups excluding carboxylic acids is 1. The van der Waals surface area contributed by atoms with Gasteiger partial charge in [0.15, 0.2) is 6.61 Å². The van der Waals surface area contributed by atoms with E-state index in [9.17, 15) is 18.0 Å². The molecule has 124 valence electrons. The Bertz CT molecular complexity index is 316. The second kappa shape index (κ2) is 8.46. The Labute approximate surface area is 124 Å². The number of hydrogen-bond acceptors (Lipinski definition) is 3. The van der Waals surface area contributed by atoms with Crippen LogP contribution in [0.2, 0.25) is 0 Å². The van der Waals surface area contributed by atoms with Gasteiger partial charge in [0.1, 0.15) is 0 Å². The number of piperidine rings is 1. The molecule has 21 heavy (non-hydrogen) atoms. The molecule has 0 aromatic carbocycles. The largest absolute Gasteiger partial charge is 0.440 e. The van der Waals surface area contributed by atoms with Crippen LogP contribution in [-0.4, -0.2) is 61.9 Å². The number of carbonyl (C=O) groups is 1. The van der Waals surface area contributed by atoms with Crippen molar-refractivity contribution in [2.24, 2.45) is 5.92 Å². The summed E-state index contributed by atoms with van der Waals surface area (Å²) >= 11 is 0. The zero-order chi connectivity index (χ0) is 15.9. The van der Waals surface area contributed by atoms with Crippen LogP contribution < -0.4 is 0 Å². The van der Waals surface area contributed by atoms with Gasteiger partial charge >= 0.3 is 12.3 Å². The van der Waals surface area contributed by atoms with Gasteiger partial charge < -0.3 is 14.5 Å². The quantitative estimate of drug-likeness (QED) is 0.755. The van der Waals surface area contributed by atoms with E-state index < -0.39 is 18.9 Å². The van der Waals surface area contributed by atoms with Crippen molar-refractivity contribution in [1.82, 2.24) is 9.80 Å². The van der Waals surface area contributed by atoms with Crippen LogP contribution in [0.1, 0.15) is 32.6 Å². The van der Waals surface area contributed by atoms with Gasteiger partial charge in [-0.25, -0.2) is 4.79 Å². The first kappa shape index (κ1) is 18.1. The van der Waals surface area contributed by atoms with Gasteiger partial charge in [0.05, 0.1) is 0 Å². The second-order valence-electron chi connectivity index (χ2n) is 5.72. The van der Waals surface area contributed by atoms with Crippen molar-refractivity contribution in [3.05, 3.63) is 0 Å². The molecule has 1 amide bonds. The van der Waals surface area contributed by atoms with E-state index in [1.54, 1.807) is 0 Å². The van der Waals surface area contributed by atoms with E-state index in [2.05, 4.69) is 23.6 Å². The SMILES string of the molecule is CCCCN(C)CC1CCN(C(=O)OCC(F)(F)F)CC1. The molecular weight excluding hydrogens is 285 g/mol. The number of nitrogens with zero attached hydrogens (tertiary/aromatic N) is 2. The maximum Gasteiger partial charge on any atom is 0.422 e. The van der Waals surface area contributed by atoms with Crippen molar-refractivity contribution in [1.29, 1.82) is 0 Å². The Kier molecular flexibility index (Phi) is 7.28. The second-order valence-corrected chi connectivity index (χ2v) is 5.72. The molecule has 0 saturated carbocycles. The number of alkyl halides is 3. The van der Waals surface area contributed by atoms with Crippen LogP contribution in [0.3, 0.4) is 0 Å². The zero-order valence-corrected chi connectivity index (χ0v) is 12.8. The van der Waals surface area contributed by atoms with E-state index in [4.69, 9.17) is 0 Å². The highest BCUT2D eigenvalue weighted by Crippen LogP contribution is 2.20. The van der Waals surface area contributed by atoms with E-state index in [0.29, 0.717) is 19.0 Å². The number of ether oxygens (including phenoxy) is 1. The van der Waals surface area contributed by atoms with Crippen molar-refractivity contribution in [3.8, 4) is 0 Å². The van der Waals surface area contributed by atoms with E-state index in [1.165, 1.54) is 11.3 Å². The Morgan fingerprint density at radius 3 is 2.48 bits per heavy atom. The minimum absolute atomic E-state index is 0.475. The lowest BCUT2D eigenvalue weighted by Crippen LogP contribution is -2.42. The Hall–Kier alpha value is -0.980. The summed E-state index contributed by atoms with van der Waals surface area (Å²) in [5.41, 5.74) is 0. The first-order chi connectivity index (χ1) is 9.81. The normalized spacial score (nSPS) is 17.3. The molecule has 4 nitrogen and oxygen atoms in total. The average Bonchev–Trinajstić information content (AvgIpc) is 2.42. The maximum absolute atomic E-state index is 12.0. The molecule has 1 fully saturated rings. The monoisotopic (exact) mass is 310 g/mol. The van der Waals surface area contributed by atoms with Crippen LogP contribution in [0.4, 0.5) is 18.0 Å². The number of rotatable bonds is 6. The number of amides is 1. The third-order valence-electron chi connectivity index (χ3n) is 3.70. The van der Waals surface area contributed by atoms with Crippen molar-refractivity contribution in [2.45, 2.75) is 38.8 Å². The van der Waals surface area contributed by atoms with Crippen LogP contribution >= 0.6 is 0 Å². The minimum Gasteiger partial charge on any atom is -0.440 e. The molecule has 0 radical (unpaired) electrons. The van der Waals surface area contributed by atoms with Gasteiger partial charge in [0, 0.05) is 19.6 Å². The molecule has 1 saturated heterocycles. The Morgan fingerprint density at radius 2 is 1.95 bits per heavy atom. The van der Waals surface area contributed by atoms with Crippen molar-refractivity contribution in [2.75, 3.05) is 39.8 Å². The predicted molar refractivity (Wildman–Crippen MR) is 74.1 cm³/mol. The molecular formula is C14H25F3N2O2. The van der Waals surface area contributed by atoms with E-state index in [-0.39, 0.29) is 0 Å².